The zero-order valence-electron chi connectivity index (χ0n) is 11.9. The number of ketones is 1. The van der Waals surface area contributed by atoms with E-state index in [1.807, 2.05) is 27.7 Å². The summed E-state index contributed by atoms with van der Waals surface area (Å²) >= 11 is 0. The summed E-state index contributed by atoms with van der Waals surface area (Å²) in [5.41, 5.74) is 1.64. The summed E-state index contributed by atoms with van der Waals surface area (Å²) in [7, 11) is 0. The lowest BCUT2D eigenvalue weighted by atomic mass is 9.70. The van der Waals surface area contributed by atoms with Crippen LogP contribution in [0, 0.1) is 5.41 Å². The third kappa shape index (κ3) is 3.31. The Balaban J connectivity index is 3.03. The van der Waals surface area contributed by atoms with E-state index in [9.17, 15) is 9.59 Å². The fraction of sp³-hybridized carbons (Fsp3) is 0.600. The lowest BCUT2D eigenvalue weighted by Crippen LogP contribution is -2.34. The number of hydrogen-bond acceptors (Lipinski definition) is 3. The summed E-state index contributed by atoms with van der Waals surface area (Å²) in [5, 5.41) is 0. The number of hydrogen-bond donors (Lipinski definition) is 0. The molecule has 1 aliphatic carbocycles. The van der Waals surface area contributed by atoms with E-state index in [4.69, 9.17) is 4.74 Å². The van der Waals surface area contributed by atoms with Gasteiger partial charge in [-0.2, -0.15) is 0 Å². The highest BCUT2D eigenvalue weighted by Gasteiger charge is 2.37. The van der Waals surface area contributed by atoms with E-state index in [1.165, 1.54) is 6.92 Å². The van der Waals surface area contributed by atoms with Crippen molar-refractivity contribution < 1.29 is 14.3 Å². The molecule has 0 radical (unpaired) electrons. The summed E-state index contributed by atoms with van der Waals surface area (Å²) < 4.78 is 5.28. The molecule has 3 heteroatoms. The summed E-state index contributed by atoms with van der Waals surface area (Å²) in [6, 6.07) is 0. The molecule has 0 amide bonds. The van der Waals surface area contributed by atoms with Gasteiger partial charge >= 0.3 is 5.97 Å². The van der Waals surface area contributed by atoms with E-state index in [2.05, 4.69) is 0 Å². The van der Waals surface area contributed by atoms with Crippen LogP contribution in [-0.2, 0) is 14.3 Å². The monoisotopic (exact) mass is 250 g/mol. The number of rotatable bonds is 3. The van der Waals surface area contributed by atoms with Crippen molar-refractivity contribution in [1.29, 1.82) is 0 Å². The van der Waals surface area contributed by atoms with Gasteiger partial charge in [0.1, 0.15) is 6.10 Å². The average molecular weight is 250 g/mol. The fourth-order valence-corrected chi connectivity index (χ4v) is 2.86. The minimum absolute atomic E-state index is 0.0706. The second-order valence-corrected chi connectivity index (χ2v) is 5.54. The maximum absolute atomic E-state index is 12.1. The van der Waals surface area contributed by atoms with Crippen LogP contribution in [0.3, 0.4) is 0 Å². The van der Waals surface area contributed by atoms with Crippen LogP contribution in [0.1, 0.15) is 47.5 Å². The van der Waals surface area contributed by atoms with Crippen LogP contribution in [0.4, 0.5) is 0 Å². The molecule has 0 bridgehead atoms. The molecule has 100 valence electrons. The topological polar surface area (TPSA) is 43.4 Å². The highest BCUT2D eigenvalue weighted by molar-refractivity contribution is 6.05. The molecule has 1 aliphatic rings. The molecule has 0 aromatic rings. The minimum Gasteiger partial charge on any atom is -0.462 e. The molecule has 0 spiro atoms. The van der Waals surface area contributed by atoms with Crippen molar-refractivity contribution in [2.75, 3.05) is 0 Å². The van der Waals surface area contributed by atoms with Crippen LogP contribution in [-0.4, -0.2) is 17.9 Å². The smallest absolute Gasteiger partial charge is 0.302 e. The zero-order chi connectivity index (χ0) is 13.9. The van der Waals surface area contributed by atoms with Gasteiger partial charge in [0.25, 0.3) is 0 Å². The number of carbonyl (C=O) groups excluding carboxylic acids is 2. The molecule has 0 aromatic carbocycles. The zero-order valence-corrected chi connectivity index (χ0v) is 11.9. The summed E-state index contributed by atoms with van der Waals surface area (Å²) in [6.45, 7) is 9.28. The summed E-state index contributed by atoms with van der Waals surface area (Å²) in [6.07, 6.45) is 4.60. The van der Waals surface area contributed by atoms with Gasteiger partial charge in [0.05, 0.1) is 0 Å². The molecule has 1 rings (SSSR count). The molecular formula is C15H22O3. The second-order valence-electron chi connectivity index (χ2n) is 5.54. The molecule has 18 heavy (non-hydrogen) atoms. The first-order valence-corrected chi connectivity index (χ1v) is 6.32. The van der Waals surface area contributed by atoms with Crippen molar-refractivity contribution >= 4 is 11.8 Å². The molecular weight excluding hydrogens is 228 g/mol. The van der Waals surface area contributed by atoms with Gasteiger partial charge in [-0.3, -0.25) is 9.59 Å². The van der Waals surface area contributed by atoms with Crippen LogP contribution in [0.25, 0.3) is 0 Å². The Bertz CT molecular complexity index is 413. The Morgan fingerprint density at radius 1 is 1.39 bits per heavy atom. The minimum atomic E-state index is -0.258. The Labute approximate surface area is 109 Å². The molecule has 1 unspecified atom stereocenters. The van der Waals surface area contributed by atoms with E-state index in [0.29, 0.717) is 12.8 Å². The lowest BCUT2D eigenvalue weighted by molar-refractivity contribution is -0.147. The molecule has 0 fully saturated rings. The average Bonchev–Trinajstić information content (AvgIpc) is 2.13. The molecule has 0 N–H and O–H groups in total. The van der Waals surface area contributed by atoms with Crippen LogP contribution in [0.2, 0.25) is 0 Å². The van der Waals surface area contributed by atoms with Gasteiger partial charge in [0, 0.05) is 18.9 Å². The molecule has 0 saturated heterocycles. The Morgan fingerprint density at radius 3 is 2.44 bits per heavy atom. The molecule has 0 heterocycles. The van der Waals surface area contributed by atoms with E-state index < -0.39 is 0 Å². The summed E-state index contributed by atoms with van der Waals surface area (Å²) in [4.78, 5) is 23.1. The highest BCUT2D eigenvalue weighted by atomic mass is 16.5. The SMILES string of the molecule is C/C=C/C(=O)C1=C(C)CC(OC(C)=O)CC1(C)C. The Kier molecular flexibility index (Phi) is 4.49. The van der Waals surface area contributed by atoms with Crippen LogP contribution in [0.5, 0.6) is 0 Å². The number of carbonyl (C=O) groups is 2. The number of allylic oxidation sites excluding steroid dienone is 3. The normalized spacial score (nSPS) is 23.3. The van der Waals surface area contributed by atoms with Crippen molar-refractivity contribution in [2.45, 2.75) is 53.6 Å². The van der Waals surface area contributed by atoms with E-state index in [1.54, 1.807) is 12.2 Å². The molecule has 0 saturated carbocycles. The van der Waals surface area contributed by atoms with E-state index in [-0.39, 0.29) is 23.3 Å². The molecule has 1 atom stereocenters. The third-order valence-electron chi connectivity index (χ3n) is 3.27. The first-order valence-electron chi connectivity index (χ1n) is 6.32. The molecule has 3 nitrogen and oxygen atoms in total. The van der Waals surface area contributed by atoms with Gasteiger partial charge < -0.3 is 4.74 Å². The third-order valence-corrected chi connectivity index (χ3v) is 3.27. The predicted molar refractivity (Wildman–Crippen MR) is 71.1 cm³/mol. The molecule has 0 aliphatic heterocycles. The Hall–Kier alpha value is -1.38. The van der Waals surface area contributed by atoms with Crippen molar-refractivity contribution in [1.82, 2.24) is 0 Å². The van der Waals surface area contributed by atoms with Crippen LogP contribution < -0.4 is 0 Å². The molecule has 0 aromatic heterocycles. The summed E-state index contributed by atoms with van der Waals surface area (Å²) in [5.74, 6) is -0.187. The Morgan fingerprint density at radius 2 is 2.00 bits per heavy atom. The number of ether oxygens (including phenoxy) is 1. The standard InChI is InChI=1S/C15H22O3/c1-6-7-13(17)14-10(2)8-12(18-11(3)16)9-15(14,4)5/h6-7,12H,8-9H2,1-5H3/b7-6+. The second kappa shape index (κ2) is 5.51. The van der Waals surface area contributed by atoms with Crippen molar-refractivity contribution in [3.05, 3.63) is 23.3 Å². The van der Waals surface area contributed by atoms with Crippen LogP contribution in [0.15, 0.2) is 23.3 Å². The highest BCUT2D eigenvalue weighted by Crippen LogP contribution is 2.41. The van der Waals surface area contributed by atoms with Crippen molar-refractivity contribution in [3.8, 4) is 0 Å². The van der Waals surface area contributed by atoms with Crippen molar-refractivity contribution in [2.24, 2.45) is 5.41 Å². The van der Waals surface area contributed by atoms with Crippen molar-refractivity contribution in [3.63, 3.8) is 0 Å². The first kappa shape index (κ1) is 14.7. The first-order chi connectivity index (χ1) is 8.27. The fourth-order valence-electron chi connectivity index (χ4n) is 2.86. The van der Waals surface area contributed by atoms with Crippen LogP contribution >= 0.6 is 0 Å². The van der Waals surface area contributed by atoms with Gasteiger partial charge in [-0.05, 0) is 31.8 Å². The predicted octanol–water partition coefficient (Wildman–Crippen LogP) is 3.20. The number of esters is 1. The van der Waals surface area contributed by atoms with E-state index in [0.717, 1.165) is 11.1 Å². The van der Waals surface area contributed by atoms with E-state index >= 15 is 0 Å². The maximum atomic E-state index is 12.1. The largest absolute Gasteiger partial charge is 0.462 e. The van der Waals surface area contributed by atoms with Gasteiger partial charge in [0.15, 0.2) is 5.78 Å². The van der Waals surface area contributed by atoms with Gasteiger partial charge in [-0.15, -0.1) is 0 Å². The lowest BCUT2D eigenvalue weighted by Gasteiger charge is -2.37. The van der Waals surface area contributed by atoms with Gasteiger partial charge in [-0.1, -0.05) is 25.5 Å². The quantitative estimate of drug-likeness (QED) is 0.570. The van der Waals surface area contributed by atoms with Gasteiger partial charge in [0.2, 0.25) is 0 Å². The van der Waals surface area contributed by atoms with Gasteiger partial charge in [-0.25, -0.2) is 0 Å². The maximum Gasteiger partial charge on any atom is 0.302 e.